The van der Waals surface area contributed by atoms with E-state index in [1.54, 1.807) is 30.6 Å². The van der Waals surface area contributed by atoms with Crippen LogP contribution < -0.4 is 4.90 Å². The van der Waals surface area contributed by atoms with Crippen molar-refractivity contribution >= 4 is 11.6 Å². The molecule has 4 heteroatoms. The molecule has 1 atom stereocenters. The highest BCUT2D eigenvalue weighted by molar-refractivity contribution is 6.07. The molecule has 1 aromatic carbocycles. The Kier molecular flexibility index (Phi) is 4.73. The van der Waals surface area contributed by atoms with Crippen LogP contribution in [0.4, 0.5) is 5.82 Å². The van der Waals surface area contributed by atoms with Gasteiger partial charge in [-0.1, -0.05) is 36.4 Å². The first kappa shape index (κ1) is 16.5. The Balaban J connectivity index is 1.55. The number of carbonyl (C=O) groups excluding carboxylic acids is 1. The zero-order valence-electron chi connectivity index (χ0n) is 14.6. The predicted octanol–water partition coefficient (Wildman–Crippen LogP) is 4.09. The van der Waals surface area contributed by atoms with Crippen LogP contribution in [0.25, 0.3) is 0 Å². The van der Waals surface area contributed by atoms with Crippen molar-refractivity contribution in [1.82, 2.24) is 9.97 Å². The summed E-state index contributed by atoms with van der Waals surface area (Å²) < 4.78 is 0. The average Bonchev–Trinajstić information content (AvgIpc) is 2.75. The lowest BCUT2D eigenvalue weighted by atomic mass is 9.91. The third-order valence-corrected chi connectivity index (χ3v) is 4.91. The Labute approximate surface area is 153 Å². The number of pyridine rings is 2. The third-order valence-electron chi connectivity index (χ3n) is 4.91. The molecule has 0 amide bonds. The number of ketones is 1. The van der Waals surface area contributed by atoms with Crippen LogP contribution in [0.15, 0.2) is 73.1 Å². The molecule has 2 aromatic heterocycles. The van der Waals surface area contributed by atoms with Crippen molar-refractivity contribution in [2.75, 3.05) is 18.0 Å². The summed E-state index contributed by atoms with van der Waals surface area (Å²) in [4.78, 5) is 23.6. The van der Waals surface area contributed by atoms with Crippen LogP contribution in [0.1, 0.15) is 40.4 Å². The fraction of sp³-hybridized carbons (Fsp3) is 0.227. The lowest BCUT2D eigenvalue weighted by Crippen LogP contribution is -2.35. The molecule has 4 rings (SSSR count). The van der Waals surface area contributed by atoms with Crippen molar-refractivity contribution in [3.8, 4) is 0 Å². The van der Waals surface area contributed by atoms with Gasteiger partial charge in [-0.15, -0.1) is 0 Å². The lowest BCUT2D eigenvalue weighted by Gasteiger charge is -2.34. The Bertz CT molecular complexity index is 880. The molecule has 4 nitrogen and oxygen atoms in total. The third kappa shape index (κ3) is 3.49. The van der Waals surface area contributed by atoms with E-state index in [0.717, 1.165) is 25.3 Å². The Morgan fingerprint density at radius 2 is 1.88 bits per heavy atom. The van der Waals surface area contributed by atoms with E-state index in [0.29, 0.717) is 17.2 Å². The maximum absolute atomic E-state index is 12.6. The molecule has 1 fully saturated rings. The first-order valence-corrected chi connectivity index (χ1v) is 9.03. The molecule has 0 unspecified atom stereocenters. The lowest BCUT2D eigenvalue weighted by molar-refractivity contribution is 0.103. The summed E-state index contributed by atoms with van der Waals surface area (Å²) in [7, 11) is 0. The van der Waals surface area contributed by atoms with Crippen molar-refractivity contribution in [3.05, 3.63) is 89.9 Å². The van der Waals surface area contributed by atoms with Gasteiger partial charge in [0.25, 0.3) is 0 Å². The molecule has 0 aliphatic carbocycles. The van der Waals surface area contributed by atoms with Crippen LogP contribution in [0.3, 0.4) is 0 Å². The quantitative estimate of drug-likeness (QED) is 0.669. The van der Waals surface area contributed by atoms with Gasteiger partial charge in [0.15, 0.2) is 0 Å². The monoisotopic (exact) mass is 343 g/mol. The van der Waals surface area contributed by atoms with Crippen LogP contribution in [-0.2, 0) is 0 Å². The number of aromatic nitrogens is 2. The van der Waals surface area contributed by atoms with E-state index >= 15 is 0 Å². The molecule has 1 aliphatic rings. The number of nitrogens with zero attached hydrogens (tertiary/aromatic N) is 3. The highest BCUT2D eigenvalue weighted by Crippen LogP contribution is 2.29. The van der Waals surface area contributed by atoms with Crippen molar-refractivity contribution in [2.24, 2.45) is 0 Å². The van der Waals surface area contributed by atoms with Crippen LogP contribution >= 0.6 is 0 Å². The standard InChI is InChI=1S/C22H21N3O/c26-22(18-9-5-13-23-15-18)20-11-4-12-21(24-20)25-14-6-10-19(16-25)17-7-2-1-3-8-17/h1-5,7-9,11-13,15,19H,6,10,14,16H2/t19-/m0/s1. The van der Waals surface area contributed by atoms with Gasteiger partial charge in [-0.25, -0.2) is 4.98 Å². The van der Waals surface area contributed by atoms with E-state index in [1.807, 2.05) is 12.1 Å². The second-order valence-corrected chi connectivity index (χ2v) is 6.65. The van der Waals surface area contributed by atoms with Crippen molar-refractivity contribution in [2.45, 2.75) is 18.8 Å². The number of carbonyl (C=O) groups is 1. The molecule has 130 valence electrons. The summed E-state index contributed by atoms with van der Waals surface area (Å²) in [5.74, 6) is 1.29. The maximum atomic E-state index is 12.6. The smallest absolute Gasteiger partial charge is 0.212 e. The van der Waals surface area contributed by atoms with Crippen LogP contribution in [0.2, 0.25) is 0 Å². The fourth-order valence-electron chi connectivity index (χ4n) is 3.55. The van der Waals surface area contributed by atoms with E-state index in [4.69, 9.17) is 0 Å². The highest BCUT2D eigenvalue weighted by atomic mass is 16.1. The van der Waals surface area contributed by atoms with Crippen molar-refractivity contribution in [1.29, 1.82) is 0 Å². The minimum absolute atomic E-state index is 0.0865. The molecule has 0 radical (unpaired) electrons. The molecule has 0 bridgehead atoms. The molecule has 26 heavy (non-hydrogen) atoms. The molecular formula is C22H21N3O. The average molecular weight is 343 g/mol. The molecule has 1 saturated heterocycles. The Hall–Kier alpha value is -3.01. The van der Waals surface area contributed by atoms with Gasteiger partial charge in [0, 0.05) is 37.0 Å². The van der Waals surface area contributed by atoms with Gasteiger partial charge in [0.1, 0.15) is 11.5 Å². The van der Waals surface area contributed by atoms with Gasteiger partial charge in [-0.05, 0) is 42.7 Å². The largest absolute Gasteiger partial charge is 0.356 e. The molecule has 0 N–H and O–H groups in total. The first-order chi connectivity index (χ1) is 12.8. The van der Waals surface area contributed by atoms with Gasteiger partial charge in [0.2, 0.25) is 5.78 Å². The van der Waals surface area contributed by atoms with E-state index in [9.17, 15) is 4.79 Å². The number of hydrogen-bond acceptors (Lipinski definition) is 4. The van der Waals surface area contributed by atoms with Gasteiger partial charge in [-0.2, -0.15) is 0 Å². The molecular weight excluding hydrogens is 322 g/mol. The normalized spacial score (nSPS) is 17.1. The highest BCUT2D eigenvalue weighted by Gasteiger charge is 2.23. The number of anilines is 1. The zero-order valence-corrected chi connectivity index (χ0v) is 14.6. The summed E-state index contributed by atoms with van der Waals surface area (Å²) in [5, 5.41) is 0. The predicted molar refractivity (Wildman–Crippen MR) is 103 cm³/mol. The summed E-state index contributed by atoms with van der Waals surface area (Å²) >= 11 is 0. The van der Waals surface area contributed by atoms with E-state index in [1.165, 1.54) is 12.0 Å². The topological polar surface area (TPSA) is 46.1 Å². The van der Waals surface area contributed by atoms with Crippen LogP contribution in [-0.4, -0.2) is 28.8 Å². The molecule has 0 saturated carbocycles. The van der Waals surface area contributed by atoms with E-state index in [2.05, 4.69) is 45.2 Å². The summed E-state index contributed by atoms with van der Waals surface area (Å²) in [5.41, 5.74) is 2.41. The molecule has 3 aromatic rings. The molecule has 1 aliphatic heterocycles. The van der Waals surface area contributed by atoms with E-state index < -0.39 is 0 Å². The van der Waals surface area contributed by atoms with Crippen molar-refractivity contribution in [3.63, 3.8) is 0 Å². The summed E-state index contributed by atoms with van der Waals surface area (Å²) in [6.45, 7) is 1.91. The molecule has 0 spiro atoms. The SMILES string of the molecule is O=C(c1cccnc1)c1cccc(N2CCC[C@H](c3ccccc3)C2)n1. The van der Waals surface area contributed by atoms with E-state index in [-0.39, 0.29) is 5.78 Å². The summed E-state index contributed by atoms with van der Waals surface area (Å²) in [6, 6.07) is 19.9. The first-order valence-electron chi connectivity index (χ1n) is 9.03. The minimum atomic E-state index is -0.0865. The Morgan fingerprint density at radius 1 is 1.00 bits per heavy atom. The molecule has 3 heterocycles. The number of rotatable bonds is 4. The van der Waals surface area contributed by atoms with Crippen LogP contribution in [0.5, 0.6) is 0 Å². The van der Waals surface area contributed by atoms with Gasteiger partial charge in [0.05, 0.1) is 0 Å². The van der Waals surface area contributed by atoms with Crippen LogP contribution in [0, 0.1) is 0 Å². The number of piperidine rings is 1. The van der Waals surface area contributed by atoms with Crippen molar-refractivity contribution < 1.29 is 4.79 Å². The van der Waals surface area contributed by atoms with Gasteiger partial charge in [-0.3, -0.25) is 9.78 Å². The van der Waals surface area contributed by atoms with Gasteiger partial charge >= 0.3 is 0 Å². The minimum Gasteiger partial charge on any atom is -0.356 e. The number of benzene rings is 1. The Morgan fingerprint density at radius 3 is 2.69 bits per heavy atom. The second-order valence-electron chi connectivity index (χ2n) is 6.65. The zero-order chi connectivity index (χ0) is 17.8. The summed E-state index contributed by atoms with van der Waals surface area (Å²) in [6.07, 6.45) is 5.57. The van der Waals surface area contributed by atoms with Gasteiger partial charge < -0.3 is 4.90 Å². The maximum Gasteiger partial charge on any atom is 0.212 e. The number of hydrogen-bond donors (Lipinski definition) is 0. The fourth-order valence-corrected chi connectivity index (χ4v) is 3.55. The second kappa shape index (κ2) is 7.48.